The maximum Gasteiger partial charge on any atom is 0.0866 e. The number of benzene rings is 2. The summed E-state index contributed by atoms with van der Waals surface area (Å²) in [4.78, 5) is 9.88. The van der Waals surface area contributed by atoms with E-state index in [9.17, 15) is 0 Å². The third-order valence-electron chi connectivity index (χ3n) is 8.13. The van der Waals surface area contributed by atoms with Gasteiger partial charge in [0, 0.05) is 41.8 Å². The van der Waals surface area contributed by atoms with E-state index in [0.717, 1.165) is 31.6 Å². The molecule has 2 aliphatic heterocycles. The molecule has 0 fully saturated rings. The van der Waals surface area contributed by atoms with Gasteiger partial charge in [-0.1, -0.05) is 46.6 Å². The van der Waals surface area contributed by atoms with E-state index < -0.39 is 0 Å². The second-order valence-electron chi connectivity index (χ2n) is 9.39. The van der Waals surface area contributed by atoms with Gasteiger partial charge in [-0.2, -0.15) is 0 Å². The van der Waals surface area contributed by atoms with Crippen LogP contribution < -0.4 is 9.80 Å². The average molecular weight is 392 g/mol. The van der Waals surface area contributed by atoms with Crippen molar-refractivity contribution in [1.29, 1.82) is 0 Å². The maximum atomic E-state index is 4.77. The van der Waals surface area contributed by atoms with Crippen LogP contribution in [0.15, 0.2) is 29.3 Å². The lowest BCUT2D eigenvalue weighted by Gasteiger charge is -2.58. The number of hydrogen-bond donors (Lipinski definition) is 0. The van der Waals surface area contributed by atoms with Gasteiger partial charge in [-0.05, 0) is 55.3 Å². The van der Waals surface area contributed by atoms with E-state index in [1.165, 1.54) is 47.0 Å². The lowest BCUT2D eigenvalue weighted by molar-refractivity contribution is 0.223. The SMILES string of the molecule is CCCCCN(C)c1cc2c3c4c(ccc3c1)N=CCN4C(C)(CC)C2(C)CC. The molecule has 2 atom stereocenters. The Labute approximate surface area is 176 Å². The minimum Gasteiger partial charge on any atom is -0.375 e. The first-order valence-electron chi connectivity index (χ1n) is 11.5. The molecule has 2 unspecified atom stereocenters. The van der Waals surface area contributed by atoms with E-state index in [4.69, 9.17) is 4.99 Å². The summed E-state index contributed by atoms with van der Waals surface area (Å²) < 4.78 is 0. The van der Waals surface area contributed by atoms with Gasteiger partial charge in [-0.25, -0.2) is 0 Å². The quantitative estimate of drug-likeness (QED) is 0.481. The van der Waals surface area contributed by atoms with Gasteiger partial charge in [0.15, 0.2) is 0 Å². The highest BCUT2D eigenvalue weighted by Crippen LogP contribution is 2.57. The second-order valence-corrected chi connectivity index (χ2v) is 9.39. The largest absolute Gasteiger partial charge is 0.375 e. The highest BCUT2D eigenvalue weighted by molar-refractivity contribution is 6.08. The van der Waals surface area contributed by atoms with E-state index in [1.807, 2.05) is 0 Å². The highest BCUT2D eigenvalue weighted by Gasteiger charge is 2.52. The van der Waals surface area contributed by atoms with Crippen LogP contribution in [0, 0.1) is 0 Å². The smallest absolute Gasteiger partial charge is 0.0866 e. The van der Waals surface area contributed by atoms with E-state index in [1.54, 1.807) is 0 Å². The Hall–Kier alpha value is -2.03. The van der Waals surface area contributed by atoms with Gasteiger partial charge in [0.1, 0.15) is 0 Å². The lowest BCUT2D eigenvalue weighted by Crippen LogP contribution is -2.62. The molecule has 0 bridgehead atoms. The zero-order valence-corrected chi connectivity index (χ0v) is 19.2. The number of unbranched alkanes of at least 4 members (excludes halogenated alkanes) is 2. The fraction of sp³-hybridized carbons (Fsp3) is 0.577. The molecule has 0 radical (unpaired) electrons. The predicted octanol–water partition coefficient (Wildman–Crippen LogP) is 6.84. The molecule has 3 nitrogen and oxygen atoms in total. The van der Waals surface area contributed by atoms with Crippen LogP contribution in [0.1, 0.15) is 72.3 Å². The number of rotatable bonds is 7. The molecule has 0 saturated heterocycles. The van der Waals surface area contributed by atoms with Crippen molar-refractivity contribution in [3.63, 3.8) is 0 Å². The molecule has 0 aliphatic carbocycles. The van der Waals surface area contributed by atoms with E-state index in [2.05, 4.69) is 81.9 Å². The van der Waals surface area contributed by atoms with Crippen molar-refractivity contribution in [2.75, 3.05) is 29.9 Å². The van der Waals surface area contributed by atoms with Crippen molar-refractivity contribution in [2.45, 2.75) is 77.7 Å². The van der Waals surface area contributed by atoms with Crippen molar-refractivity contribution < 1.29 is 0 Å². The zero-order valence-electron chi connectivity index (χ0n) is 19.2. The number of nitrogens with zero attached hydrogens (tertiary/aromatic N) is 3. The third-order valence-corrected chi connectivity index (χ3v) is 8.13. The summed E-state index contributed by atoms with van der Waals surface area (Å²) in [5.74, 6) is 0. The van der Waals surface area contributed by atoms with Gasteiger partial charge in [0.05, 0.1) is 17.9 Å². The number of anilines is 2. The second kappa shape index (κ2) is 7.34. The van der Waals surface area contributed by atoms with Gasteiger partial charge < -0.3 is 9.80 Å². The minimum absolute atomic E-state index is 0.0730. The van der Waals surface area contributed by atoms with Gasteiger partial charge in [0.2, 0.25) is 0 Å². The molecule has 2 aromatic carbocycles. The zero-order chi connectivity index (χ0) is 20.8. The topological polar surface area (TPSA) is 18.8 Å². The summed E-state index contributed by atoms with van der Waals surface area (Å²) in [6.07, 6.45) is 8.17. The van der Waals surface area contributed by atoms with Gasteiger partial charge >= 0.3 is 0 Å². The molecule has 4 rings (SSSR count). The standard InChI is InChI=1S/C26H37N3/c1-7-10-11-15-28(6)20-17-19-12-13-22-24-23(19)21(18-20)25(4,8-2)26(5,9-3)29(24)16-14-27-22/h12-14,17-18H,7-11,15-16H2,1-6H3. The molecule has 0 spiro atoms. The van der Waals surface area contributed by atoms with Crippen LogP contribution >= 0.6 is 0 Å². The van der Waals surface area contributed by atoms with Gasteiger partial charge in [0.25, 0.3) is 0 Å². The molecule has 2 aromatic rings. The molecule has 2 aliphatic rings. The molecule has 0 saturated carbocycles. The Balaban J connectivity index is 1.97. The van der Waals surface area contributed by atoms with Crippen LogP contribution in [0.25, 0.3) is 10.8 Å². The van der Waals surface area contributed by atoms with Crippen LogP contribution in [0.4, 0.5) is 17.1 Å². The van der Waals surface area contributed by atoms with Gasteiger partial charge in [-0.15, -0.1) is 0 Å². The number of hydrogen-bond acceptors (Lipinski definition) is 3. The Morgan fingerprint density at radius 3 is 2.55 bits per heavy atom. The molecule has 0 amide bonds. The Morgan fingerprint density at radius 1 is 1.07 bits per heavy atom. The summed E-state index contributed by atoms with van der Waals surface area (Å²) >= 11 is 0. The van der Waals surface area contributed by atoms with E-state index in [0.29, 0.717) is 0 Å². The molecule has 156 valence electrons. The Morgan fingerprint density at radius 2 is 1.86 bits per heavy atom. The lowest BCUT2D eigenvalue weighted by atomic mass is 9.60. The van der Waals surface area contributed by atoms with Crippen LogP contribution in [0.2, 0.25) is 0 Å². The predicted molar refractivity (Wildman–Crippen MR) is 129 cm³/mol. The van der Waals surface area contributed by atoms with Crippen LogP contribution in [-0.4, -0.2) is 31.9 Å². The Bertz CT molecular complexity index is 947. The maximum absolute atomic E-state index is 4.77. The molecule has 0 N–H and O–H groups in total. The van der Waals surface area contributed by atoms with Crippen molar-refractivity contribution in [3.05, 3.63) is 29.8 Å². The van der Waals surface area contributed by atoms with Crippen molar-refractivity contribution in [3.8, 4) is 0 Å². The summed E-state index contributed by atoms with van der Waals surface area (Å²) in [7, 11) is 2.25. The molecular weight excluding hydrogens is 354 g/mol. The van der Waals surface area contributed by atoms with Crippen molar-refractivity contribution >= 4 is 34.0 Å². The van der Waals surface area contributed by atoms with E-state index in [-0.39, 0.29) is 11.0 Å². The normalized spacial score (nSPS) is 25.0. The van der Waals surface area contributed by atoms with Crippen molar-refractivity contribution in [1.82, 2.24) is 0 Å². The fourth-order valence-electron chi connectivity index (χ4n) is 5.68. The molecule has 0 aromatic heterocycles. The van der Waals surface area contributed by atoms with Crippen LogP contribution in [0.3, 0.4) is 0 Å². The van der Waals surface area contributed by atoms with E-state index >= 15 is 0 Å². The molecular formula is C26H37N3. The fourth-order valence-corrected chi connectivity index (χ4v) is 5.68. The monoisotopic (exact) mass is 391 g/mol. The summed E-state index contributed by atoms with van der Waals surface area (Å²) in [5, 5.41) is 2.79. The molecule has 29 heavy (non-hydrogen) atoms. The summed E-state index contributed by atoms with van der Waals surface area (Å²) in [5.41, 5.74) is 5.53. The highest BCUT2D eigenvalue weighted by atomic mass is 15.2. The van der Waals surface area contributed by atoms with Crippen LogP contribution in [-0.2, 0) is 5.41 Å². The molecule has 2 heterocycles. The summed E-state index contributed by atoms with van der Waals surface area (Å²) in [6, 6.07) is 9.40. The first-order chi connectivity index (χ1) is 13.9. The van der Waals surface area contributed by atoms with Crippen LogP contribution in [0.5, 0.6) is 0 Å². The molecule has 3 heteroatoms. The first-order valence-corrected chi connectivity index (χ1v) is 11.5. The first kappa shape index (κ1) is 20.3. The minimum atomic E-state index is 0.0730. The number of aliphatic imine (C=N–C) groups is 1. The summed E-state index contributed by atoms with van der Waals surface area (Å²) in [6.45, 7) is 14.0. The third kappa shape index (κ3) is 2.80. The Kier molecular flexibility index (Phi) is 5.13. The average Bonchev–Trinajstić information content (AvgIpc) is 2.75. The van der Waals surface area contributed by atoms with Gasteiger partial charge in [-0.3, -0.25) is 4.99 Å². The van der Waals surface area contributed by atoms with Crippen molar-refractivity contribution in [2.24, 2.45) is 4.99 Å².